The molecule has 0 atom stereocenters. The Kier molecular flexibility index (Phi) is 8.11. The van der Waals surface area contributed by atoms with E-state index >= 15 is 0 Å². The Morgan fingerprint density at radius 1 is 0.857 bits per heavy atom. The summed E-state index contributed by atoms with van der Waals surface area (Å²) in [6.07, 6.45) is 3.27. The summed E-state index contributed by atoms with van der Waals surface area (Å²) in [5.41, 5.74) is 3.57. The topological polar surface area (TPSA) is 60.2 Å². The number of benzene rings is 3. The summed E-state index contributed by atoms with van der Waals surface area (Å²) >= 11 is 0. The third-order valence-electron chi connectivity index (χ3n) is 4.07. The highest BCUT2D eigenvalue weighted by Gasteiger charge is 1.99. The van der Waals surface area contributed by atoms with Crippen LogP contribution in [0.5, 0.6) is 0 Å². The molecule has 0 amide bonds. The maximum Gasteiger partial charge on any atom is 0.170 e. The fourth-order valence-electron chi connectivity index (χ4n) is 2.51. The molecular formula is C23H25NO3S. The van der Waals surface area contributed by atoms with Gasteiger partial charge in [-0.1, -0.05) is 66.2 Å². The average Bonchev–Trinajstić information content (AvgIpc) is 2.68. The lowest BCUT2D eigenvalue weighted by Crippen LogP contribution is -2.11. The second kappa shape index (κ2) is 10.5. The van der Waals surface area contributed by atoms with Crippen molar-refractivity contribution in [1.29, 1.82) is 0 Å². The van der Waals surface area contributed by atoms with Gasteiger partial charge in [-0.2, -0.15) is 0 Å². The zero-order valence-corrected chi connectivity index (χ0v) is 17.0. The van der Waals surface area contributed by atoms with Gasteiger partial charge in [-0.25, -0.2) is 13.0 Å². The number of hydrogen-bond acceptors (Lipinski definition) is 3. The highest BCUT2D eigenvalue weighted by molar-refractivity contribution is 7.85. The Balaban J connectivity index is 0.000000221. The summed E-state index contributed by atoms with van der Waals surface area (Å²) in [5, 5.41) is 0. The third-order valence-corrected chi connectivity index (χ3v) is 4.92. The molecule has 0 aliphatic heterocycles. The maximum atomic E-state index is 10.4. The first-order valence-corrected chi connectivity index (χ1v) is 10.4. The number of aryl methyl sites for hydroxylation is 1. The van der Waals surface area contributed by atoms with E-state index in [-0.39, 0.29) is 4.90 Å². The molecule has 28 heavy (non-hydrogen) atoms. The van der Waals surface area contributed by atoms with E-state index in [1.165, 1.54) is 23.3 Å². The van der Waals surface area contributed by atoms with Crippen molar-refractivity contribution in [2.24, 2.45) is 0 Å². The maximum absolute atomic E-state index is 10.4. The van der Waals surface area contributed by atoms with Gasteiger partial charge >= 0.3 is 0 Å². The number of nitrogens with zero attached hydrogens (tertiary/aromatic N) is 1. The summed E-state index contributed by atoms with van der Waals surface area (Å²) in [6.45, 7) is 2.86. The van der Waals surface area contributed by atoms with Gasteiger partial charge in [0.15, 0.2) is 6.21 Å². The van der Waals surface area contributed by atoms with E-state index in [1.54, 1.807) is 12.1 Å². The van der Waals surface area contributed by atoms with Gasteiger partial charge in [-0.3, -0.25) is 0 Å². The molecule has 5 heteroatoms. The molecule has 0 spiro atoms. The standard InChI is InChI=1S/C16H18N.C7H8O3S/c1-17(14-16-10-6-3-7-11-16)13-12-15-8-4-2-5-9-15;1-6-2-4-7(5-3-6)11(8,9)10/h2-11,14H,12-13H2,1H3;2-5H,1H3,(H,8,9,10)/q+1;/p-1. The van der Waals surface area contributed by atoms with E-state index in [1.807, 2.05) is 13.0 Å². The Morgan fingerprint density at radius 2 is 1.39 bits per heavy atom. The molecule has 0 N–H and O–H groups in total. The monoisotopic (exact) mass is 395 g/mol. The van der Waals surface area contributed by atoms with Gasteiger partial charge in [-0.05, 0) is 36.8 Å². The van der Waals surface area contributed by atoms with E-state index < -0.39 is 10.1 Å². The minimum atomic E-state index is -4.27. The van der Waals surface area contributed by atoms with E-state index in [2.05, 4.69) is 72.4 Å². The van der Waals surface area contributed by atoms with Gasteiger partial charge in [0.25, 0.3) is 0 Å². The van der Waals surface area contributed by atoms with E-state index in [0.717, 1.165) is 18.5 Å². The number of rotatable bonds is 5. The first kappa shape index (κ1) is 21.5. The van der Waals surface area contributed by atoms with Crippen molar-refractivity contribution in [2.45, 2.75) is 18.2 Å². The molecule has 0 aliphatic rings. The summed E-state index contributed by atoms with van der Waals surface area (Å²) in [5.74, 6) is 0. The van der Waals surface area contributed by atoms with Gasteiger partial charge in [0, 0.05) is 12.0 Å². The molecule has 146 valence electrons. The molecular weight excluding hydrogens is 370 g/mol. The van der Waals surface area contributed by atoms with Crippen LogP contribution >= 0.6 is 0 Å². The Bertz CT molecular complexity index is 981. The summed E-state index contributed by atoms with van der Waals surface area (Å²) < 4.78 is 33.4. The van der Waals surface area contributed by atoms with Crippen LogP contribution in [0, 0.1) is 6.92 Å². The Morgan fingerprint density at radius 3 is 1.93 bits per heavy atom. The van der Waals surface area contributed by atoms with Crippen LogP contribution in [0.15, 0.2) is 89.8 Å². The van der Waals surface area contributed by atoms with Crippen LogP contribution in [0.2, 0.25) is 0 Å². The zero-order valence-electron chi connectivity index (χ0n) is 16.2. The lowest BCUT2D eigenvalue weighted by molar-refractivity contribution is -0.491. The van der Waals surface area contributed by atoms with Crippen molar-refractivity contribution in [3.05, 3.63) is 102 Å². The van der Waals surface area contributed by atoms with Crippen LogP contribution in [0.3, 0.4) is 0 Å². The normalized spacial score (nSPS) is 11.5. The molecule has 4 nitrogen and oxygen atoms in total. The predicted molar refractivity (Wildman–Crippen MR) is 112 cm³/mol. The second-order valence-corrected chi connectivity index (χ2v) is 7.90. The Hall–Kier alpha value is -2.76. The van der Waals surface area contributed by atoms with E-state index in [4.69, 9.17) is 0 Å². The van der Waals surface area contributed by atoms with E-state index in [9.17, 15) is 13.0 Å². The quantitative estimate of drug-likeness (QED) is 0.374. The summed E-state index contributed by atoms with van der Waals surface area (Å²) in [4.78, 5) is -0.178. The summed E-state index contributed by atoms with van der Waals surface area (Å²) in [7, 11) is -2.15. The summed E-state index contributed by atoms with van der Waals surface area (Å²) in [6, 6.07) is 26.8. The molecule has 0 aliphatic carbocycles. The molecule has 3 aromatic carbocycles. The van der Waals surface area contributed by atoms with Gasteiger partial charge in [0.2, 0.25) is 0 Å². The molecule has 0 saturated carbocycles. The first-order valence-electron chi connectivity index (χ1n) is 9.01. The van der Waals surface area contributed by atoms with Gasteiger partial charge in [0.1, 0.15) is 23.7 Å². The minimum Gasteiger partial charge on any atom is -0.744 e. The lowest BCUT2D eigenvalue weighted by Gasteiger charge is -2.05. The molecule has 0 aromatic heterocycles. The van der Waals surface area contributed by atoms with Gasteiger partial charge in [0.05, 0.1) is 4.90 Å². The zero-order chi connectivity index (χ0) is 20.4. The fraction of sp³-hybridized carbons (Fsp3) is 0.174. The van der Waals surface area contributed by atoms with Crippen molar-refractivity contribution >= 4 is 16.3 Å². The van der Waals surface area contributed by atoms with Gasteiger partial charge in [-0.15, -0.1) is 0 Å². The van der Waals surface area contributed by atoms with Crippen molar-refractivity contribution in [2.75, 3.05) is 13.6 Å². The molecule has 0 saturated heterocycles. The van der Waals surface area contributed by atoms with Crippen molar-refractivity contribution in [1.82, 2.24) is 0 Å². The molecule has 0 heterocycles. The highest BCUT2D eigenvalue weighted by Crippen LogP contribution is 2.08. The molecule has 3 rings (SSSR count). The molecule has 0 fully saturated rings. The Labute approximate surface area is 167 Å². The molecule has 0 bridgehead atoms. The van der Waals surface area contributed by atoms with Crippen LogP contribution in [-0.4, -0.2) is 37.4 Å². The molecule has 0 radical (unpaired) electrons. The molecule has 3 aromatic rings. The van der Waals surface area contributed by atoms with Crippen LogP contribution in [0.1, 0.15) is 16.7 Å². The SMILES string of the molecule is C[N+](=Cc1ccccc1)CCc1ccccc1.Cc1ccc(S(=O)(=O)[O-])cc1. The fourth-order valence-corrected chi connectivity index (χ4v) is 2.98. The minimum absolute atomic E-state index is 0.178. The van der Waals surface area contributed by atoms with Crippen LogP contribution in [0.4, 0.5) is 0 Å². The predicted octanol–water partition coefficient (Wildman–Crippen LogP) is 3.89. The van der Waals surface area contributed by atoms with Gasteiger partial charge < -0.3 is 4.55 Å². The average molecular weight is 396 g/mol. The van der Waals surface area contributed by atoms with Crippen molar-refractivity contribution in [3.63, 3.8) is 0 Å². The largest absolute Gasteiger partial charge is 0.744 e. The number of likely N-dealkylation sites (N-methyl/N-ethyl adjacent to an activating group) is 1. The van der Waals surface area contributed by atoms with Crippen LogP contribution in [0.25, 0.3) is 0 Å². The lowest BCUT2D eigenvalue weighted by atomic mass is 10.1. The smallest absolute Gasteiger partial charge is 0.170 e. The van der Waals surface area contributed by atoms with Crippen molar-refractivity contribution in [3.8, 4) is 0 Å². The second-order valence-electron chi connectivity index (χ2n) is 6.52. The van der Waals surface area contributed by atoms with Crippen LogP contribution in [-0.2, 0) is 16.5 Å². The van der Waals surface area contributed by atoms with Crippen LogP contribution < -0.4 is 0 Å². The first-order chi connectivity index (χ1) is 13.3. The van der Waals surface area contributed by atoms with Crippen molar-refractivity contribution < 1.29 is 17.5 Å². The number of hydrogen-bond donors (Lipinski definition) is 0. The third kappa shape index (κ3) is 7.86. The molecule has 0 unspecified atom stereocenters. The highest BCUT2D eigenvalue weighted by atomic mass is 32.2. The van der Waals surface area contributed by atoms with E-state index in [0.29, 0.717) is 0 Å².